The summed E-state index contributed by atoms with van der Waals surface area (Å²) in [5.41, 5.74) is -0.518. The molecule has 0 bridgehead atoms. The Morgan fingerprint density at radius 1 is 1.50 bits per heavy atom. The lowest BCUT2D eigenvalue weighted by molar-refractivity contribution is -0.149. The molecule has 0 amide bonds. The average molecular weight is 172 g/mol. The lowest BCUT2D eigenvalue weighted by atomic mass is 9.79. The second kappa shape index (κ2) is 4.48. The summed E-state index contributed by atoms with van der Waals surface area (Å²) in [6.45, 7) is 7.98. The summed E-state index contributed by atoms with van der Waals surface area (Å²) in [6, 6.07) is 0. The molecule has 2 nitrogen and oxygen atoms in total. The van der Waals surface area contributed by atoms with E-state index < -0.39 is 11.4 Å². The zero-order chi connectivity index (χ0) is 9.78. The Morgan fingerprint density at radius 3 is 2.25 bits per heavy atom. The highest BCUT2D eigenvalue weighted by Gasteiger charge is 2.31. The van der Waals surface area contributed by atoms with E-state index in [4.69, 9.17) is 5.11 Å². The molecule has 0 aromatic carbocycles. The van der Waals surface area contributed by atoms with Crippen molar-refractivity contribution >= 4 is 5.97 Å². The molecule has 0 saturated carbocycles. The molecule has 12 heavy (non-hydrogen) atoms. The number of carboxylic acids is 1. The number of aliphatic carboxylic acids is 1. The van der Waals surface area contributed by atoms with Crippen LogP contribution in [-0.2, 0) is 4.79 Å². The Labute approximate surface area is 75.0 Å². The van der Waals surface area contributed by atoms with E-state index >= 15 is 0 Å². The quantitative estimate of drug-likeness (QED) is 0.692. The van der Waals surface area contributed by atoms with Gasteiger partial charge in [-0.1, -0.05) is 27.2 Å². The molecule has 1 N–H and O–H groups in total. The Bertz CT molecular complexity index is 154. The molecular formula is C10H20O2. The Balaban J connectivity index is 4.23. The molecule has 0 aromatic rings. The maximum Gasteiger partial charge on any atom is 0.309 e. The number of hydrogen-bond acceptors (Lipinski definition) is 1. The second-order valence-electron chi connectivity index (χ2n) is 3.94. The normalized spacial score (nSPS) is 18.3. The van der Waals surface area contributed by atoms with Crippen molar-refractivity contribution in [2.24, 2.45) is 11.3 Å². The fraction of sp³-hybridized carbons (Fsp3) is 0.900. The predicted octanol–water partition coefficient (Wildman–Crippen LogP) is 2.92. The molecule has 0 heterocycles. The van der Waals surface area contributed by atoms with Crippen LogP contribution in [0.4, 0.5) is 0 Å². The highest BCUT2D eigenvalue weighted by Crippen LogP contribution is 2.30. The van der Waals surface area contributed by atoms with Gasteiger partial charge in [0.25, 0.3) is 0 Å². The number of carboxylic acid groups (broad SMARTS) is 1. The zero-order valence-corrected chi connectivity index (χ0v) is 8.55. The monoisotopic (exact) mass is 172 g/mol. The molecule has 0 unspecified atom stereocenters. The molecule has 0 rings (SSSR count). The van der Waals surface area contributed by atoms with E-state index in [-0.39, 0.29) is 0 Å². The van der Waals surface area contributed by atoms with Crippen molar-refractivity contribution in [3.05, 3.63) is 0 Å². The minimum absolute atomic E-state index is 0.506. The Kier molecular flexibility index (Phi) is 4.29. The highest BCUT2D eigenvalue weighted by atomic mass is 16.4. The molecule has 2 heteroatoms. The first kappa shape index (κ1) is 11.5. The van der Waals surface area contributed by atoms with Gasteiger partial charge in [-0.05, 0) is 25.7 Å². The third-order valence-electron chi connectivity index (χ3n) is 2.79. The maximum atomic E-state index is 10.9. The minimum atomic E-state index is -0.662. The van der Waals surface area contributed by atoms with Crippen molar-refractivity contribution in [3.63, 3.8) is 0 Å². The first-order valence-electron chi connectivity index (χ1n) is 4.69. The van der Waals surface area contributed by atoms with E-state index in [1.807, 2.05) is 13.8 Å². The summed E-state index contributed by atoms with van der Waals surface area (Å²) >= 11 is 0. The van der Waals surface area contributed by atoms with Gasteiger partial charge in [-0.15, -0.1) is 0 Å². The SMILES string of the molecule is CC[C@@H](C)C[C@](C)(CC)C(=O)O. The van der Waals surface area contributed by atoms with E-state index in [1.165, 1.54) is 0 Å². The fourth-order valence-corrected chi connectivity index (χ4v) is 1.30. The van der Waals surface area contributed by atoms with Crippen LogP contribution in [-0.4, -0.2) is 11.1 Å². The Morgan fingerprint density at radius 2 is 2.00 bits per heavy atom. The standard InChI is InChI=1S/C10H20O2/c1-5-8(3)7-10(4,6-2)9(11)12/h8H,5-7H2,1-4H3,(H,11,12)/t8-,10+/m1/s1. The van der Waals surface area contributed by atoms with Crippen LogP contribution in [0.1, 0.15) is 47.0 Å². The van der Waals surface area contributed by atoms with Gasteiger partial charge in [0, 0.05) is 0 Å². The van der Waals surface area contributed by atoms with Crippen LogP contribution in [0.25, 0.3) is 0 Å². The predicted molar refractivity (Wildman–Crippen MR) is 50.1 cm³/mol. The summed E-state index contributed by atoms with van der Waals surface area (Å²) in [4.78, 5) is 10.9. The zero-order valence-electron chi connectivity index (χ0n) is 8.55. The van der Waals surface area contributed by atoms with Gasteiger partial charge in [-0.2, -0.15) is 0 Å². The van der Waals surface area contributed by atoms with Crippen molar-refractivity contribution in [2.75, 3.05) is 0 Å². The van der Waals surface area contributed by atoms with E-state index in [9.17, 15) is 4.79 Å². The van der Waals surface area contributed by atoms with E-state index in [0.717, 1.165) is 12.8 Å². The number of rotatable bonds is 5. The van der Waals surface area contributed by atoms with Crippen LogP contribution in [0.15, 0.2) is 0 Å². The molecular weight excluding hydrogens is 152 g/mol. The molecule has 0 aliphatic carbocycles. The van der Waals surface area contributed by atoms with Gasteiger partial charge < -0.3 is 5.11 Å². The van der Waals surface area contributed by atoms with Gasteiger partial charge in [0.05, 0.1) is 5.41 Å². The van der Waals surface area contributed by atoms with Crippen LogP contribution in [0.5, 0.6) is 0 Å². The van der Waals surface area contributed by atoms with E-state index in [1.54, 1.807) is 0 Å². The van der Waals surface area contributed by atoms with Crippen LogP contribution >= 0.6 is 0 Å². The van der Waals surface area contributed by atoms with Crippen molar-refractivity contribution in [2.45, 2.75) is 47.0 Å². The van der Waals surface area contributed by atoms with Gasteiger partial charge in [0.1, 0.15) is 0 Å². The molecule has 0 aliphatic heterocycles. The smallest absolute Gasteiger partial charge is 0.309 e. The van der Waals surface area contributed by atoms with Crippen molar-refractivity contribution in [1.29, 1.82) is 0 Å². The molecule has 2 atom stereocenters. The van der Waals surface area contributed by atoms with Gasteiger partial charge >= 0.3 is 5.97 Å². The van der Waals surface area contributed by atoms with Gasteiger partial charge in [-0.25, -0.2) is 0 Å². The first-order chi connectivity index (χ1) is 5.46. The molecule has 72 valence electrons. The Hall–Kier alpha value is -0.530. The summed E-state index contributed by atoms with van der Waals surface area (Å²) in [7, 11) is 0. The molecule has 0 aliphatic rings. The summed E-state index contributed by atoms with van der Waals surface area (Å²) in [5.74, 6) is -0.156. The van der Waals surface area contributed by atoms with Crippen LogP contribution < -0.4 is 0 Å². The third kappa shape index (κ3) is 2.84. The van der Waals surface area contributed by atoms with Gasteiger partial charge in [0.2, 0.25) is 0 Å². The average Bonchev–Trinajstić information content (AvgIpc) is 2.03. The largest absolute Gasteiger partial charge is 0.481 e. The maximum absolute atomic E-state index is 10.9. The molecule has 0 saturated heterocycles. The summed E-state index contributed by atoms with van der Waals surface area (Å²) in [6.07, 6.45) is 2.56. The third-order valence-corrected chi connectivity index (χ3v) is 2.79. The van der Waals surface area contributed by atoms with Crippen LogP contribution in [0.3, 0.4) is 0 Å². The molecule has 0 spiro atoms. The highest BCUT2D eigenvalue weighted by molar-refractivity contribution is 5.73. The van der Waals surface area contributed by atoms with Crippen molar-refractivity contribution in [1.82, 2.24) is 0 Å². The molecule has 0 aromatic heterocycles. The van der Waals surface area contributed by atoms with Crippen molar-refractivity contribution < 1.29 is 9.90 Å². The van der Waals surface area contributed by atoms with Crippen LogP contribution in [0.2, 0.25) is 0 Å². The second-order valence-corrected chi connectivity index (χ2v) is 3.94. The molecule has 0 radical (unpaired) electrons. The summed E-state index contributed by atoms with van der Waals surface area (Å²) in [5, 5.41) is 8.98. The number of carbonyl (C=O) groups is 1. The number of hydrogen-bond donors (Lipinski definition) is 1. The van der Waals surface area contributed by atoms with Gasteiger partial charge in [0.15, 0.2) is 0 Å². The lowest BCUT2D eigenvalue weighted by Gasteiger charge is -2.25. The van der Waals surface area contributed by atoms with E-state index in [0.29, 0.717) is 12.3 Å². The first-order valence-corrected chi connectivity index (χ1v) is 4.69. The van der Waals surface area contributed by atoms with Crippen LogP contribution in [0, 0.1) is 11.3 Å². The molecule has 0 fully saturated rings. The lowest BCUT2D eigenvalue weighted by Crippen LogP contribution is -2.28. The van der Waals surface area contributed by atoms with Gasteiger partial charge in [-0.3, -0.25) is 4.79 Å². The minimum Gasteiger partial charge on any atom is -0.481 e. The fourth-order valence-electron chi connectivity index (χ4n) is 1.30. The summed E-state index contributed by atoms with van der Waals surface area (Å²) < 4.78 is 0. The topological polar surface area (TPSA) is 37.3 Å². The van der Waals surface area contributed by atoms with Crippen molar-refractivity contribution in [3.8, 4) is 0 Å². The van der Waals surface area contributed by atoms with E-state index in [2.05, 4.69) is 13.8 Å².